The maximum atomic E-state index is 4.93. The van der Waals surface area contributed by atoms with Crippen molar-refractivity contribution >= 4 is 49.3 Å². The van der Waals surface area contributed by atoms with Gasteiger partial charge in [-0.1, -0.05) is 230 Å². The van der Waals surface area contributed by atoms with Crippen LogP contribution in [-0.4, -0.2) is 0 Å². The van der Waals surface area contributed by atoms with Crippen molar-refractivity contribution in [2.45, 2.75) is 162 Å². The van der Waals surface area contributed by atoms with Gasteiger partial charge in [0, 0.05) is 0 Å². The minimum Gasteiger partial charge on any atom is 3.00 e. The molecule has 0 saturated heterocycles. The van der Waals surface area contributed by atoms with Crippen molar-refractivity contribution < 1.29 is 47.1 Å². The second-order valence-electron chi connectivity index (χ2n) is 23.6. The first-order chi connectivity index (χ1) is 37.2. The Kier molecular flexibility index (Phi) is 22.7. The van der Waals surface area contributed by atoms with E-state index in [1.807, 2.05) is 0 Å². The molecule has 0 N–H and O–H groups in total. The molecular weight excluding hydrogens is 1130 g/mol. The monoisotopic (exact) mass is 1210 g/mol. The van der Waals surface area contributed by atoms with Gasteiger partial charge in [-0.2, -0.15) is 18.2 Å². The Morgan fingerprint density at radius 1 is 0.377 bits per heavy atom. The van der Waals surface area contributed by atoms with Crippen molar-refractivity contribution in [3.8, 4) is 33.4 Å². The fourth-order valence-corrected chi connectivity index (χ4v) is 14.0. The minimum absolute atomic E-state index is 0. The van der Waals surface area contributed by atoms with E-state index >= 15 is 0 Å². The molecule has 77 heavy (non-hydrogen) atoms. The average Bonchev–Trinajstić information content (AvgIpc) is 4.20. The summed E-state index contributed by atoms with van der Waals surface area (Å²) in [5, 5.41) is 8.44. The number of benzene rings is 6. The van der Waals surface area contributed by atoms with Gasteiger partial charge in [0.2, 0.25) is 0 Å². The average molecular weight is 1210 g/mol. The molecule has 0 nitrogen and oxygen atoms in total. The van der Waals surface area contributed by atoms with Gasteiger partial charge in [-0.15, -0.1) is 104 Å². The molecule has 0 aliphatic heterocycles. The van der Waals surface area contributed by atoms with Gasteiger partial charge >= 0.3 is 64.1 Å². The molecule has 4 heteroatoms. The van der Waals surface area contributed by atoms with Gasteiger partial charge < -0.3 is 0 Å². The molecule has 3 aliphatic carbocycles. The Labute approximate surface area is 502 Å². The van der Waals surface area contributed by atoms with Crippen LogP contribution in [0.2, 0.25) is 0 Å². The summed E-state index contributed by atoms with van der Waals surface area (Å²) in [5.74, 6) is 0. The number of fused-ring (bicyclic) bond motifs is 3. The summed E-state index contributed by atoms with van der Waals surface area (Å²) >= 11 is -0.826. The Morgan fingerprint density at radius 2 is 0.662 bits per heavy atom. The summed E-state index contributed by atoms with van der Waals surface area (Å²) in [6, 6.07) is 67.3. The molecule has 0 amide bonds. The number of rotatable bonds is 11. The smallest absolute Gasteiger partial charge is 3.00 e. The summed E-state index contributed by atoms with van der Waals surface area (Å²) in [4.78, 5) is 0. The van der Waals surface area contributed by atoms with E-state index in [9.17, 15) is 0 Å². The van der Waals surface area contributed by atoms with Gasteiger partial charge in [0.25, 0.3) is 0 Å². The van der Waals surface area contributed by atoms with Crippen LogP contribution in [-0.2, 0) is 66.3 Å². The zero-order valence-electron chi connectivity index (χ0n) is 46.6. The zero-order chi connectivity index (χ0) is 52.6. The molecule has 0 unspecified atom stereocenters. The number of hydrogen-bond donors (Lipinski definition) is 0. The van der Waals surface area contributed by atoms with Crippen LogP contribution in [0.15, 0.2) is 182 Å². The maximum Gasteiger partial charge on any atom is 3.00 e. The zero-order valence-corrected chi connectivity index (χ0v) is 53.1. The van der Waals surface area contributed by atoms with Crippen LogP contribution in [0.3, 0.4) is 0 Å². The second-order valence-corrected chi connectivity index (χ2v) is 27.4. The Hall–Kier alpha value is -3.50. The van der Waals surface area contributed by atoms with E-state index in [0.29, 0.717) is 16.2 Å². The predicted molar refractivity (Wildman–Crippen MR) is 330 cm³/mol. The van der Waals surface area contributed by atoms with Crippen LogP contribution < -0.4 is 0 Å². The van der Waals surface area contributed by atoms with Gasteiger partial charge in [-0.25, -0.2) is 0 Å². The summed E-state index contributed by atoms with van der Waals surface area (Å²) in [6.07, 6.45) is 30.5. The third kappa shape index (κ3) is 15.7. The van der Waals surface area contributed by atoms with Crippen LogP contribution in [0.1, 0.15) is 159 Å². The summed E-state index contributed by atoms with van der Waals surface area (Å²) in [7, 11) is 9.87. The Bertz CT molecular complexity index is 2990. The van der Waals surface area contributed by atoms with Crippen LogP contribution in [0.5, 0.6) is 0 Å². The first kappa shape index (κ1) is 59.6. The molecule has 0 heterocycles. The molecule has 3 saturated carbocycles. The topological polar surface area (TPSA) is 0 Å². The first-order valence-electron chi connectivity index (χ1n) is 29.4. The maximum absolute atomic E-state index is 4.93. The van der Waals surface area contributed by atoms with Crippen molar-refractivity contribution in [2.75, 3.05) is 0 Å². The van der Waals surface area contributed by atoms with E-state index in [1.54, 1.807) is 0 Å². The van der Waals surface area contributed by atoms with E-state index in [-0.39, 0.29) is 26.2 Å². The van der Waals surface area contributed by atoms with Crippen molar-refractivity contribution in [1.29, 1.82) is 0 Å². The molecular formula is C73H83Cl2Zr2. The molecule has 3 aliphatic rings. The number of halogens is 2. The fraction of sp³-hybridized carbons (Fsp3) is 0.384. The number of hydrogen-bond acceptors (Lipinski definition) is 0. The molecule has 0 aromatic heterocycles. The van der Waals surface area contributed by atoms with Crippen molar-refractivity contribution in [1.82, 2.24) is 0 Å². The molecule has 0 bridgehead atoms. The molecule has 0 spiro atoms. The van der Waals surface area contributed by atoms with Crippen LogP contribution >= 0.6 is 17.0 Å². The van der Waals surface area contributed by atoms with E-state index < -0.39 is 20.8 Å². The summed E-state index contributed by atoms with van der Waals surface area (Å²) in [5.41, 5.74) is 14.3. The molecule has 9 aromatic rings. The van der Waals surface area contributed by atoms with E-state index in [2.05, 4.69) is 203 Å². The first-order valence-corrected chi connectivity index (χ1v) is 35.8. The van der Waals surface area contributed by atoms with E-state index in [4.69, 9.17) is 17.0 Å². The van der Waals surface area contributed by atoms with Crippen LogP contribution in [0.25, 0.3) is 65.7 Å². The van der Waals surface area contributed by atoms with Crippen LogP contribution in [0, 0.1) is 16.2 Å². The Balaban J connectivity index is 0.000000148. The molecule has 1 radical (unpaired) electrons. The third-order valence-electron chi connectivity index (χ3n) is 18.4. The van der Waals surface area contributed by atoms with Crippen molar-refractivity contribution in [3.63, 3.8) is 0 Å². The standard InChI is InChI=1S/C25H29.2C24H27.2ClH.2Zr/c1-25(15-8-3-2-4-9-16-25)19-20-17-22-13-10-14-23(24(22)18-20)21-11-6-5-7-12-21;2*1-2-24(14-7-4-8-15-24)18-19-16-21-12-9-13-22(23(21)17-19)20-10-5-3-6-11-20;;;;/h5-7,10-14,17-18H,2-4,8-9,15-16,19H2,1H3;2*3,5-6,9-13,16-17H,2,4,7-8,14-15,18H2,1H3;2*1H;;/q3*-1;;;+2;+3/p-2. The molecule has 9 aromatic carbocycles. The van der Waals surface area contributed by atoms with E-state index in [0.717, 1.165) is 0 Å². The SMILES string of the molecule is CC1(Cc2cc3c(-c4ccccc4)cccc3[cH-]2)CCCCCCC1.CCC1(Cc2cc3c(-c4ccccc4)cccc3[cH-]2)CCCCC1.CCC1(Cc2cc3c(-c4ccccc4)cccc3[cH-]2)CCCCC1.[Cl][Zr][Cl].[Zr+3]. The van der Waals surface area contributed by atoms with Gasteiger partial charge in [0.1, 0.15) is 0 Å². The van der Waals surface area contributed by atoms with Gasteiger partial charge in [0.15, 0.2) is 0 Å². The van der Waals surface area contributed by atoms with Crippen molar-refractivity contribution in [3.05, 3.63) is 199 Å². The third-order valence-corrected chi connectivity index (χ3v) is 18.4. The molecule has 3 fully saturated rings. The molecule has 0 atom stereocenters. The van der Waals surface area contributed by atoms with Crippen molar-refractivity contribution in [2.24, 2.45) is 16.2 Å². The largest absolute Gasteiger partial charge is 3.00 e. The predicted octanol–water partition coefficient (Wildman–Crippen LogP) is 23.2. The Morgan fingerprint density at radius 3 is 0.987 bits per heavy atom. The van der Waals surface area contributed by atoms with Gasteiger partial charge in [-0.05, 0) is 90.7 Å². The van der Waals surface area contributed by atoms with Crippen LogP contribution in [0.4, 0.5) is 0 Å². The fourth-order valence-electron chi connectivity index (χ4n) is 14.0. The van der Waals surface area contributed by atoms with E-state index in [1.165, 1.54) is 224 Å². The minimum atomic E-state index is -0.826. The second kappa shape index (κ2) is 29.3. The van der Waals surface area contributed by atoms with Gasteiger partial charge in [-0.3, -0.25) is 0 Å². The molecule has 12 rings (SSSR count). The molecule has 397 valence electrons. The normalized spacial score (nSPS) is 16.7. The summed E-state index contributed by atoms with van der Waals surface area (Å²) < 4.78 is 0. The van der Waals surface area contributed by atoms with Gasteiger partial charge in [0.05, 0.1) is 0 Å². The quantitative estimate of drug-likeness (QED) is 0.113. The summed E-state index contributed by atoms with van der Waals surface area (Å²) in [6.45, 7) is 7.31.